The third-order valence-electron chi connectivity index (χ3n) is 7.35. The van der Waals surface area contributed by atoms with Crippen LogP contribution in [0.25, 0.3) is 0 Å². The van der Waals surface area contributed by atoms with Gasteiger partial charge in [0.25, 0.3) is 5.91 Å². The highest BCUT2D eigenvalue weighted by atomic mass is 32.1. The van der Waals surface area contributed by atoms with Crippen LogP contribution in [0.15, 0.2) is 0 Å². The molecule has 0 radical (unpaired) electrons. The second kappa shape index (κ2) is 8.09. The van der Waals surface area contributed by atoms with Gasteiger partial charge in [0.2, 0.25) is 5.91 Å². The summed E-state index contributed by atoms with van der Waals surface area (Å²) in [6.45, 7) is 2.18. The molecule has 4 N–H and O–H groups in total. The number of aliphatic carboxylic acids is 1. The average molecular weight is 419 g/mol. The van der Waals surface area contributed by atoms with E-state index in [-0.39, 0.29) is 17.7 Å². The lowest BCUT2D eigenvalue weighted by atomic mass is 9.58. The van der Waals surface area contributed by atoms with E-state index in [4.69, 9.17) is 5.73 Å². The van der Waals surface area contributed by atoms with Crippen molar-refractivity contribution < 1.29 is 19.5 Å². The zero-order chi connectivity index (χ0) is 20.7. The second-order valence-corrected chi connectivity index (χ2v) is 10.1. The molecule has 1 aromatic rings. The second-order valence-electron chi connectivity index (χ2n) is 9.02. The van der Waals surface area contributed by atoms with Crippen LogP contribution in [0.2, 0.25) is 0 Å². The summed E-state index contributed by atoms with van der Waals surface area (Å²) in [6.07, 6.45) is 8.69. The highest BCUT2D eigenvalue weighted by molar-refractivity contribution is 7.17. The minimum Gasteiger partial charge on any atom is -0.481 e. The summed E-state index contributed by atoms with van der Waals surface area (Å²) < 4.78 is 0. The number of carboxylic acid groups (broad SMARTS) is 1. The molecule has 3 fully saturated rings. The molecule has 6 nitrogen and oxygen atoms in total. The van der Waals surface area contributed by atoms with Gasteiger partial charge in [-0.1, -0.05) is 19.8 Å². The van der Waals surface area contributed by atoms with E-state index in [0.717, 1.165) is 68.2 Å². The van der Waals surface area contributed by atoms with E-state index in [9.17, 15) is 19.5 Å². The third kappa shape index (κ3) is 3.69. The lowest BCUT2D eigenvalue weighted by molar-refractivity contribution is -0.156. The van der Waals surface area contributed by atoms with E-state index < -0.39 is 23.7 Å². The normalized spacial score (nSPS) is 30.6. The molecular formula is C22H30N2O4S. The maximum Gasteiger partial charge on any atom is 0.307 e. The van der Waals surface area contributed by atoms with Crippen molar-refractivity contribution in [2.75, 3.05) is 5.32 Å². The van der Waals surface area contributed by atoms with Gasteiger partial charge in [0, 0.05) is 4.88 Å². The van der Waals surface area contributed by atoms with Crippen molar-refractivity contribution in [1.29, 1.82) is 0 Å². The number of hydrogen-bond acceptors (Lipinski definition) is 4. The molecular weight excluding hydrogens is 388 g/mol. The van der Waals surface area contributed by atoms with Gasteiger partial charge >= 0.3 is 5.97 Å². The molecule has 4 aliphatic rings. The first-order valence-electron chi connectivity index (χ1n) is 10.9. The number of carbonyl (C=O) groups is 3. The van der Waals surface area contributed by atoms with Crippen LogP contribution in [0, 0.1) is 29.6 Å². The highest BCUT2D eigenvalue weighted by Gasteiger charge is 2.50. The molecule has 4 aliphatic carbocycles. The summed E-state index contributed by atoms with van der Waals surface area (Å²) in [7, 11) is 0. The van der Waals surface area contributed by atoms with Crippen molar-refractivity contribution in [1.82, 2.24) is 0 Å². The topological polar surface area (TPSA) is 109 Å². The molecule has 3 atom stereocenters. The van der Waals surface area contributed by atoms with Gasteiger partial charge in [-0.25, -0.2) is 0 Å². The Morgan fingerprint density at radius 2 is 1.76 bits per heavy atom. The highest BCUT2D eigenvalue weighted by Crippen LogP contribution is 2.50. The van der Waals surface area contributed by atoms with Crippen LogP contribution in [0.1, 0.15) is 72.7 Å². The molecule has 0 spiro atoms. The summed E-state index contributed by atoms with van der Waals surface area (Å²) in [5.41, 5.74) is 7.13. The number of fused-ring (bicyclic) bond motifs is 4. The predicted molar refractivity (Wildman–Crippen MR) is 112 cm³/mol. The van der Waals surface area contributed by atoms with Crippen molar-refractivity contribution in [3.8, 4) is 0 Å². The first-order chi connectivity index (χ1) is 13.9. The minimum absolute atomic E-state index is 0.0789. The first-order valence-corrected chi connectivity index (χ1v) is 11.7. The minimum atomic E-state index is -0.873. The largest absolute Gasteiger partial charge is 0.481 e. The molecule has 2 bridgehead atoms. The van der Waals surface area contributed by atoms with Gasteiger partial charge in [0.05, 0.1) is 17.4 Å². The van der Waals surface area contributed by atoms with Gasteiger partial charge < -0.3 is 16.2 Å². The molecule has 0 unspecified atom stereocenters. The summed E-state index contributed by atoms with van der Waals surface area (Å²) in [4.78, 5) is 38.5. The number of anilines is 1. The molecule has 3 saturated carbocycles. The Hall–Kier alpha value is -1.89. The quantitative estimate of drug-likeness (QED) is 0.652. The Morgan fingerprint density at radius 3 is 2.34 bits per heavy atom. The standard InChI is InChI=1S/C22H30N2O4S/c1-2-3-11-4-9-14-15(10-11)29-21(18(14)19(23)25)24-20(26)16-12-5-7-13(8-6-12)17(16)22(27)28/h11-13,16-17H,2-10H2,1H3,(H2,23,25)(H,24,26)(H,27,28)/t11-,12?,13?,16-,17+/m1/s1. The van der Waals surface area contributed by atoms with Gasteiger partial charge in [-0.05, 0) is 68.3 Å². The Bertz CT molecular complexity index is 825. The number of amides is 2. The first kappa shape index (κ1) is 20.4. The molecule has 0 aliphatic heterocycles. The van der Waals surface area contributed by atoms with Crippen LogP contribution in [0.3, 0.4) is 0 Å². The fourth-order valence-corrected chi connectivity index (χ4v) is 7.41. The summed E-state index contributed by atoms with van der Waals surface area (Å²) in [5.74, 6) is -1.97. The predicted octanol–water partition coefficient (Wildman–Crippen LogP) is 3.83. The fraction of sp³-hybridized carbons (Fsp3) is 0.682. The van der Waals surface area contributed by atoms with Crippen LogP contribution in [-0.4, -0.2) is 22.9 Å². The van der Waals surface area contributed by atoms with Crippen molar-refractivity contribution in [3.05, 3.63) is 16.0 Å². The van der Waals surface area contributed by atoms with E-state index in [0.29, 0.717) is 16.5 Å². The maximum atomic E-state index is 13.2. The zero-order valence-electron chi connectivity index (χ0n) is 16.9. The van der Waals surface area contributed by atoms with Crippen LogP contribution < -0.4 is 11.1 Å². The summed E-state index contributed by atoms with van der Waals surface area (Å²) in [5, 5.41) is 13.2. The van der Waals surface area contributed by atoms with Gasteiger partial charge in [-0.2, -0.15) is 0 Å². The molecule has 0 saturated heterocycles. The summed E-state index contributed by atoms with van der Waals surface area (Å²) >= 11 is 1.46. The number of carboxylic acids is 1. The van der Waals surface area contributed by atoms with Gasteiger partial charge in [0.1, 0.15) is 5.00 Å². The molecule has 7 heteroatoms. The van der Waals surface area contributed by atoms with E-state index in [2.05, 4.69) is 12.2 Å². The van der Waals surface area contributed by atoms with Crippen LogP contribution in [-0.2, 0) is 22.4 Å². The van der Waals surface area contributed by atoms with Crippen LogP contribution >= 0.6 is 11.3 Å². The Morgan fingerprint density at radius 1 is 1.10 bits per heavy atom. The number of hydrogen-bond donors (Lipinski definition) is 3. The smallest absolute Gasteiger partial charge is 0.307 e. The van der Waals surface area contributed by atoms with E-state index >= 15 is 0 Å². The molecule has 29 heavy (non-hydrogen) atoms. The number of primary amides is 1. The Balaban J connectivity index is 1.60. The van der Waals surface area contributed by atoms with Crippen molar-refractivity contribution >= 4 is 34.1 Å². The number of carbonyl (C=O) groups excluding carboxylic acids is 2. The lowest BCUT2D eigenvalue weighted by Crippen LogP contribution is -2.49. The van der Waals surface area contributed by atoms with Gasteiger partial charge in [-0.3, -0.25) is 14.4 Å². The van der Waals surface area contributed by atoms with Gasteiger partial charge in [-0.15, -0.1) is 11.3 Å². The number of thiophene rings is 1. The lowest BCUT2D eigenvalue weighted by Gasteiger charge is -2.45. The zero-order valence-corrected chi connectivity index (χ0v) is 17.7. The van der Waals surface area contributed by atoms with Crippen molar-refractivity contribution in [3.63, 3.8) is 0 Å². The SMILES string of the molecule is CCC[C@@H]1CCc2c(sc(NC(=O)[C@@H]3C4CCC(CC4)[C@@H]3C(=O)O)c2C(N)=O)C1. The van der Waals surface area contributed by atoms with E-state index in [1.807, 2.05) is 0 Å². The maximum absolute atomic E-state index is 13.2. The number of nitrogens with two attached hydrogens (primary N) is 1. The Kier molecular flexibility index (Phi) is 5.69. The summed E-state index contributed by atoms with van der Waals surface area (Å²) in [6, 6.07) is 0. The third-order valence-corrected chi connectivity index (χ3v) is 8.52. The molecule has 1 aromatic heterocycles. The Labute approximate surface area is 175 Å². The molecule has 2 amide bonds. The monoisotopic (exact) mass is 418 g/mol. The van der Waals surface area contributed by atoms with Gasteiger partial charge in [0.15, 0.2) is 0 Å². The van der Waals surface area contributed by atoms with E-state index in [1.54, 1.807) is 0 Å². The van der Waals surface area contributed by atoms with Crippen molar-refractivity contribution in [2.45, 2.75) is 64.7 Å². The molecule has 5 rings (SSSR count). The van der Waals surface area contributed by atoms with E-state index in [1.165, 1.54) is 11.3 Å². The van der Waals surface area contributed by atoms with Crippen molar-refractivity contribution in [2.24, 2.45) is 35.3 Å². The van der Waals surface area contributed by atoms with Crippen LogP contribution in [0.5, 0.6) is 0 Å². The molecule has 0 aromatic carbocycles. The molecule has 158 valence electrons. The average Bonchev–Trinajstić information content (AvgIpc) is 3.05. The molecule has 1 heterocycles. The van der Waals surface area contributed by atoms with Crippen LogP contribution in [0.4, 0.5) is 5.00 Å². The number of nitrogens with one attached hydrogen (secondary N) is 1. The number of rotatable bonds is 6. The fourth-order valence-electron chi connectivity index (χ4n) is 6.03.